The standard InChI is InChI=1S/C23H27N3O3S2/c1-18-6-8-20(9-7-18)31(28,29)26-14-12-25(13-15-26)16-23(27)24-11-10-19-17-30-22-5-3-2-4-21(19)22/h2-9,17H,10-16H2,1H3,(H,24,27). The van der Waals surface area contributed by atoms with Crippen LogP contribution in [0.4, 0.5) is 0 Å². The highest BCUT2D eigenvalue weighted by Crippen LogP contribution is 2.25. The molecule has 1 N–H and O–H groups in total. The fourth-order valence-electron chi connectivity index (χ4n) is 3.81. The topological polar surface area (TPSA) is 69.7 Å². The molecule has 1 aromatic heterocycles. The van der Waals surface area contributed by atoms with E-state index in [9.17, 15) is 13.2 Å². The van der Waals surface area contributed by atoms with Gasteiger partial charge in [0.05, 0.1) is 11.4 Å². The van der Waals surface area contributed by atoms with Gasteiger partial charge in [-0.15, -0.1) is 11.3 Å². The maximum Gasteiger partial charge on any atom is 0.243 e. The van der Waals surface area contributed by atoms with Crippen molar-refractivity contribution in [1.82, 2.24) is 14.5 Å². The number of fused-ring (bicyclic) bond motifs is 1. The first kappa shape index (κ1) is 22.0. The molecule has 8 heteroatoms. The van der Waals surface area contributed by atoms with E-state index in [2.05, 4.69) is 22.8 Å². The summed E-state index contributed by atoms with van der Waals surface area (Å²) in [6, 6.07) is 15.2. The van der Waals surface area contributed by atoms with Gasteiger partial charge < -0.3 is 5.32 Å². The molecule has 0 saturated carbocycles. The van der Waals surface area contributed by atoms with Crippen LogP contribution in [0.2, 0.25) is 0 Å². The Labute approximate surface area is 187 Å². The van der Waals surface area contributed by atoms with Crippen LogP contribution in [0.3, 0.4) is 0 Å². The van der Waals surface area contributed by atoms with Gasteiger partial charge in [0.15, 0.2) is 0 Å². The molecule has 1 aliphatic heterocycles. The Kier molecular flexibility index (Phi) is 6.71. The molecule has 0 atom stereocenters. The highest BCUT2D eigenvalue weighted by Gasteiger charge is 2.28. The van der Waals surface area contributed by atoms with E-state index in [0.29, 0.717) is 44.2 Å². The number of carbonyl (C=O) groups excluding carboxylic acids is 1. The van der Waals surface area contributed by atoms with Gasteiger partial charge >= 0.3 is 0 Å². The fourth-order valence-corrected chi connectivity index (χ4v) is 6.23. The van der Waals surface area contributed by atoms with Gasteiger partial charge in [0, 0.05) is 37.4 Å². The molecule has 0 unspecified atom stereocenters. The number of sulfonamides is 1. The van der Waals surface area contributed by atoms with Crippen LogP contribution in [0.25, 0.3) is 10.1 Å². The van der Waals surface area contributed by atoms with Crippen molar-refractivity contribution in [3.05, 3.63) is 65.0 Å². The molecule has 0 radical (unpaired) electrons. The van der Waals surface area contributed by atoms with Crippen molar-refractivity contribution >= 4 is 37.4 Å². The molecule has 3 aromatic rings. The van der Waals surface area contributed by atoms with Gasteiger partial charge in [0.25, 0.3) is 0 Å². The third-order valence-electron chi connectivity index (χ3n) is 5.63. The van der Waals surface area contributed by atoms with E-state index >= 15 is 0 Å². The summed E-state index contributed by atoms with van der Waals surface area (Å²) in [4.78, 5) is 14.7. The minimum Gasteiger partial charge on any atom is -0.355 e. The Bertz CT molecular complexity index is 1150. The predicted octanol–water partition coefficient (Wildman–Crippen LogP) is 2.87. The third kappa shape index (κ3) is 5.15. The van der Waals surface area contributed by atoms with E-state index in [-0.39, 0.29) is 5.91 Å². The number of thiophene rings is 1. The third-order valence-corrected chi connectivity index (χ3v) is 8.56. The molecule has 1 amide bonds. The molecule has 4 rings (SSSR count). The minimum absolute atomic E-state index is 0.0191. The van der Waals surface area contributed by atoms with Crippen LogP contribution >= 0.6 is 11.3 Å². The maximum atomic E-state index is 12.8. The Balaban J connectivity index is 1.23. The summed E-state index contributed by atoms with van der Waals surface area (Å²) < 4.78 is 28.4. The van der Waals surface area contributed by atoms with Crippen LogP contribution < -0.4 is 5.32 Å². The lowest BCUT2D eigenvalue weighted by Gasteiger charge is -2.33. The number of nitrogens with one attached hydrogen (secondary N) is 1. The summed E-state index contributed by atoms with van der Waals surface area (Å²) in [5.74, 6) is -0.0191. The van der Waals surface area contributed by atoms with Crippen LogP contribution in [0, 0.1) is 6.92 Å². The number of rotatable bonds is 7. The zero-order valence-electron chi connectivity index (χ0n) is 17.6. The van der Waals surface area contributed by atoms with Crippen molar-refractivity contribution in [3.63, 3.8) is 0 Å². The first-order valence-electron chi connectivity index (χ1n) is 10.4. The second kappa shape index (κ2) is 9.48. The van der Waals surface area contributed by atoms with Crippen molar-refractivity contribution in [2.75, 3.05) is 39.3 Å². The molecule has 2 aromatic carbocycles. The monoisotopic (exact) mass is 457 g/mol. The quantitative estimate of drug-likeness (QED) is 0.592. The molecule has 0 aliphatic carbocycles. The summed E-state index contributed by atoms with van der Waals surface area (Å²) in [6.07, 6.45) is 0.804. The Morgan fingerprint density at radius 3 is 2.48 bits per heavy atom. The Morgan fingerprint density at radius 2 is 1.74 bits per heavy atom. The largest absolute Gasteiger partial charge is 0.355 e. The summed E-state index contributed by atoms with van der Waals surface area (Å²) in [7, 11) is -3.48. The zero-order chi connectivity index (χ0) is 21.8. The average molecular weight is 458 g/mol. The normalized spacial score (nSPS) is 15.9. The van der Waals surface area contributed by atoms with Gasteiger partial charge in [-0.3, -0.25) is 9.69 Å². The minimum atomic E-state index is -3.48. The molecule has 1 saturated heterocycles. The van der Waals surface area contributed by atoms with Gasteiger partial charge in [-0.1, -0.05) is 35.9 Å². The van der Waals surface area contributed by atoms with Crippen LogP contribution in [-0.4, -0.2) is 62.8 Å². The summed E-state index contributed by atoms with van der Waals surface area (Å²) in [5, 5.41) is 6.41. The summed E-state index contributed by atoms with van der Waals surface area (Å²) in [5.41, 5.74) is 2.29. The SMILES string of the molecule is Cc1ccc(S(=O)(=O)N2CCN(CC(=O)NCCc3csc4ccccc34)CC2)cc1. The highest BCUT2D eigenvalue weighted by atomic mass is 32.2. The first-order chi connectivity index (χ1) is 14.9. The average Bonchev–Trinajstić information content (AvgIpc) is 3.18. The molecule has 2 heterocycles. The zero-order valence-corrected chi connectivity index (χ0v) is 19.2. The number of hydrogen-bond acceptors (Lipinski definition) is 5. The molecule has 0 spiro atoms. The van der Waals surface area contributed by atoms with E-state index < -0.39 is 10.0 Å². The van der Waals surface area contributed by atoms with Gasteiger partial charge in [0.2, 0.25) is 15.9 Å². The van der Waals surface area contributed by atoms with Crippen molar-refractivity contribution in [2.24, 2.45) is 0 Å². The maximum absolute atomic E-state index is 12.8. The number of nitrogens with zero attached hydrogens (tertiary/aromatic N) is 2. The molecule has 1 aliphatic rings. The van der Waals surface area contributed by atoms with E-state index in [0.717, 1.165) is 12.0 Å². The predicted molar refractivity (Wildman–Crippen MR) is 125 cm³/mol. The molecule has 1 fully saturated rings. The Morgan fingerprint density at radius 1 is 1.03 bits per heavy atom. The second-order valence-electron chi connectivity index (χ2n) is 7.85. The number of piperazine rings is 1. The van der Waals surface area contributed by atoms with Gasteiger partial charge in [-0.2, -0.15) is 4.31 Å². The molecule has 6 nitrogen and oxygen atoms in total. The lowest BCUT2D eigenvalue weighted by atomic mass is 10.1. The van der Waals surface area contributed by atoms with Crippen LogP contribution in [0.15, 0.2) is 58.8 Å². The van der Waals surface area contributed by atoms with Gasteiger partial charge in [-0.05, 0) is 47.9 Å². The molecular weight excluding hydrogens is 430 g/mol. The lowest BCUT2D eigenvalue weighted by molar-refractivity contribution is -0.122. The Hall–Kier alpha value is -2.26. The fraction of sp³-hybridized carbons (Fsp3) is 0.348. The first-order valence-corrected chi connectivity index (χ1v) is 12.8. The van der Waals surface area contributed by atoms with Crippen molar-refractivity contribution in [2.45, 2.75) is 18.2 Å². The lowest BCUT2D eigenvalue weighted by Crippen LogP contribution is -2.51. The van der Waals surface area contributed by atoms with Crippen molar-refractivity contribution in [1.29, 1.82) is 0 Å². The number of amides is 1. The molecule has 164 valence electrons. The number of benzene rings is 2. The van der Waals surface area contributed by atoms with Gasteiger partial charge in [-0.25, -0.2) is 8.42 Å². The molecule has 0 bridgehead atoms. The van der Waals surface area contributed by atoms with E-state index in [1.54, 1.807) is 23.5 Å². The van der Waals surface area contributed by atoms with Crippen LogP contribution in [0.1, 0.15) is 11.1 Å². The van der Waals surface area contributed by atoms with Crippen molar-refractivity contribution < 1.29 is 13.2 Å². The molecular formula is C23H27N3O3S2. The highest BCUT2D eigenvalue weighted by molar-refractivity contribution is 7.89. The van der Waals surface area contributed by atoms with Crippen molar-refractivity contribution in [3.8, 4) is 0 Å². The number of hydrogen-bond donors (Lipinski definition) is 1. The van der Waals surface area contributed by atoms with Crippen LogP contribution in [-0.2, 0) is 21.2 Å². The smallest absolute Gasteiger partial charge is 0.243 e. The van der Waals surface area contributed by atoms with E-state index in [4.69, 9.17) is 0 Å². The molecule has 31 heavy (non-hydrogen) atoms. The second-order valence-corrected chi connectivity index (χ2v) is 10.7. The number of aryl methyl sites for hydroxylation is 1. The van der Waals surface area contributed by atoms with Crippen LogP contribution in [0.5, 0.6) is 0 Å². The van der Waals surface area contributed by atoms with Gasteiger partial charge in [0.1, 0.15) is 0 Å². The van der Waals surface area contributed by atoms with E-state index in [1.807, 2.05) is 36.1 Å². The summed E-state index contributed by atoms with van der Waals surface area (Å²) >= 11 is 1.73. The van der Waals surface area contributed by atoms with E-state index in [1.165, 1.54) is 20.0 Å². The number of carbonyl (C=O) groups is 1. The summed E-state index contributed by atoms with van der Waals surface area (Å²) in [6.45, 7) is 4.71.